The average molecular weight is 215 g/mol. The maximum atomic E-state index is 10.7. The third-order valence-corrected chi connectivity index (χ3v) is 3.17. The fourth-order valence-electron chi connectivity index (χ4n) is 1.75. The van der Waals surface area contributed by atoms with Crippen molar-refractivity contribution in [2.24, 2.45) is 11.3 Å². The lowest BCUT2D eigenvalue weighted by molar-refractivity contribution is -0.161. The van der Waals surface area contributed by atoms with Crippen molar-refractivity contribution in [3.05, 3.63) is 0 Å². The molecular formula is C11H21NO3. The van der Waals surface area contributed by atoms with Gasteiger partial charge in [-0.3, -0.25) is 4.90 Å². The average Bonchev–Trinajstić information content (AvgIpc) is 1.93. The number of aliphatic hydroxyl groups is 1. The summed E-state index contributed by atoms with van der Waals surface area (Å²) in [4.78, 5) is 12.7. The van der Waals surface area contributed by atoms with Gasteiger partial charge in [0.1, 0.15) is 0 Å². The molecule has 1 rings (SSSR count). The molecule has 1 heterocycles. The first kappa shape index (κ1) is 12.5. The fourth-order valence-corrected chi connectivity index (χ4v) is 1.75. The standard InChI is InChI=1S/C11H21NO3/c1-10(2,3)8-5-12(6-8)7-11(4,15)9(13)14/h8,15H,5-7H2,1-4H3,(H,13,14). The second kappa shape index (κ2) is 3.76. The maximum absolute atomic E-state index is 10.7. The number of hydrogen-bond donors (Lipinski definition) is 2. The van der Waals surface area contributed by atoms with Crippen LogP contribution in [-0.4, -0.2) is 46.3 Å². The molecule has 2 N–H and O–H groups in total. The summed E-state index contributed by atoms with van der Waals surface area (Å²) < 4.78 is 0. The van der Waals surface area contributed by atoms with Crippen molar-refractivity contribution in [2.45, 2.75) is 33.3 Å². The van der Waals surface area contributed by atoms with E-state index in [1.54, 1.807) is 0 Å². The van der Waals surface area contributed by atoms with Crippen LogP contribution in [0.25, 0.3) is 0 Å². The van der Waals surface area contributed by atoms with Crippen LogP contribution < -0.4 is 0 Å². The molecule has 1 aliphatic heterocycles. The minimum Gasteiger partial charge on any atom is -0.479 e. The molecule has 0 aromatic carbocycles. The van der Waals surface area contributed by atoms with Gasteiger partial charge in [-0.2, -0.15) is 0 Å². The lowest BCUT2D eigenvalue weighted by Crippen LogP contribution is -2.58. The highest BCUT2D eigenvalue weighted by atomic mass is 16.4. The third kappa shape index (κ3) is 2.92. The van der Waals surface area contributed by atoms with E-state index >= 15 is 0 Å². The summed E-state index contributed by atoms with van der Waals surface area (Å²) in [6, 6.07) is 0. The van der Waals surface area contributed by atoms with Gasteiger partial charge in [-0.05, 0) is 18.3 Å². The van der Waals surface area contributed by atoms with Gasteiger partial charge in [-0.1, -0.05) is 20.8 Å². The fraction of sp³-hybridized carbons (Fsp3) is 0.909. The molecule has 1 unspecified atom stereocenters. The van der Waals surface area contributed by atoms with Gasteiger partial charge in [-0.15, -0.1) is 0 Å². The molecule has 0 bridgehead atoms. The molecule has 0 radical (unpaired) electrons. The van der Waals surface area contributed by atoms with Gasteiger partial charge in [0.15, 0.2) is 5.60 Å². The Morgan fingerprint density at radius 1 is 1.33 bits per heavy atom. The Hall–Kier alpha value is -0.610. The highest BCUT2D eigenvalue weighted by molar-refractivity contribution is 5.76. The monoisotopic (exact) mass is 215 g/mol. The number of carbonyl (C=O) groups is 1. The lowest BCUT2D eigenvalue weighted by atomic mass is 9.75. The van der Waals surface area contributed by atoms with Crippen molar-refractivity contribution >= 4 is 5.97 Å². The van der Waals surface area contributed by atoms with Crippen molar-refractivity contribution in [3.8, 4) is 0 Å². The molecule has 0 amide bonds. The number of aliphatic carboxylic acids is 1. The summed E-state index contributed by atoms with van der Waals surface area (Å²) in [7, 11) is 0. The summed E-state index contributed by atoms with van der Waals surface area (Å²) in [5.74, 6) is -0.552. The third-order valence-electron chi connectivity index (χ3n) is 3.17. The molecule has 4 heteroatoms. The largest absolute Gasteiger partial charge is 0.479 e. The van der Waals surface area contributed by atoms with Gasteiger partial charge in [0.2, 0.25) is 0 Å². The highest BCUT2D eigenvalue weighted by Crippen LogP contribution is 2.34. The number of likely N-dealkylation sites (tertiary alicyclic amines) is 1. The molecule has 0 aromatic rings. The predicted molar refractivity (Wildman–Crippen MR) is 57.6 cm³/mol. The van der Waals surface area contributed by atoms with Crippen LogP contribution in [0, 0.1) is 11.3 Å². The van der Waals surface area contributed by atoms with E-state index in [0.29, 0.717) is 5.92 Å². The van der Waals surface area contributed by atoms with Gasteiger partial charge >= 0.3 is 5.97 Å². The van der Waals surface area contributed by atoms with Gasteiger partial charge < -0.3 is 10.2 Å². The van der Waals surface area contributed by atoms with Crippen LogP contribution in [0.1, 0.15) is 27.7 Å². The zero-order chi connectivity index (χ0) is 11.9. The van der Waals surface area contributed by atoms with Crippen molar-refractivity contribution in [2.75, 3.05) is 19.6 Å². The number of carboxylic acid groups (broad SMARTS) is 1. The second-order valence-electron chi connectivity index (χ2n) is 5.84. The van der Waals surface area contributed by atoms with E-state index in [-0.39, 0.29) is 12.0 Å². The predicted octanol–water partition coefficient (Wildman–Crippen LogP) is 0.800. The number of nitrogens with zero attached hydrogens (tertiary/aromatic N) is 1. The van der Waals surface area contributed by atoms with E-state index in [1.807, 2.05) is 4.90 Å². The normalized spacial score (nSPS) is 23.3. The minimum absolute atomic E-state index is 0.217. The summed E-state index contributed by atoms with van der Waals surface area (Å²) in [5, 5.41) is 18.3. The summed E-state index contributed by atoms with van der Waals surface area (Å²) >= 11 is 0. The maximum Gasteiger partial charge on any atom is 0.336 e. The first-order valence-electron chi connectivity index (χ1n) is 5.31. The molecular weight excluding hydrogens is 194 g/mol. The Morgan fingerprint density at radius 2 is 1.80 bits per heavy atom. The van der Waals surface area contributed by atoms with E-state index in [2.05, 4.69) is 20.8 Å². The van der Waals surface area contributed by atoms with Gasteiger partial charge in [-0.25, -0.2) is 4.79 Å². The molecule has 1 aliphatic rings. The van der Waals surface area contributed by atoms with E-state index in [1.165, 1.54) is 6.92 Å². The van der Waals surface area contributed by atoms with Gasteiger partial charge in [0, 0.05) is 19.6 Å². The highest BCUT2D eigenvalue weighted by Gasteiger charge is 2.40. The van der Waals surface area contributed by atoms with Crippen LogP contribution >= 0.6 is 0 Å². The molecule has 0 aliphatic carbocycles. The van der Waals surface area contributed by atoms with Crippen molar-refractivity contribution in [1.29, 1.82) is 0 Å². The number of hydrogen-bond acceptors (Lipinski definition) is 3. The topological polar surface area (TPSA) is 60.8 Å². The van der Waals surface area contributed by atoms with Gasteiger partial charge in [0.25, 0.3) is 0 Å². The van der Waals surface area contributed by atoms with E-state index in [4.69, 9.17) is 5.11 Å². The van der Waals surface area contributed by atoms with Crippen LogP contribution in [0.5, 0.6) is 0 Å². The Labute approximate surface area is 90.9 Å². The van der Waals surface area contributed by atoms with Crippen LogP contribution in [0.15, 0.2) is 0 Å². The SMILES string of the molecule is CC(O)(CN1CC(C(C)(C)C)C1)C(=O)O. The number of rotatable bonds is 3. The first-order valence-corrected chi connectivity index (χ1v) is 5.31. The van der Waals surface area contributed by atoms with Crippen molar-refractivity contribution < 1.29 is 15.0 Å². The lowest BCUT2D eigenvalue weighted by Gasteiger charge is -2.47. The number of β-amino-alcohol motifs (C(OH)–C–C–N with tert-alkyl or cyclic N) is 1. The molecule has 1 saturated heterocycles. The molecule has 88 valence electrons. The zero-order valence-corrected chi connectivity index (χ0v) is 9.95. The Kier molecular flexibility index (Phi) is 3.12. The first-order chi connectivity index (χ1) is 6.63. The second-order valence-corrected chi connectivity index (χ2v) is 5.84. The van der Waals surface area contributed by atoms with Crippen LogP contribution in [0.3, 0.4) is 0 Å². The number of carboxylic acids is 1. The zero-order valence-electron chi connectivity index (χ0n) is 9.95. The van der Waals surface area contributed by atoms with Crippen LogP contribution in [0.4, 0.5) is 0 Å². The molecule has 0 spiro atoms. The smallest absolute Gasteiger partial charge is 0.336 e. The van der Waals surface area contributed by atoms with E-state index in [0.717, 1.165) is 13.1 Å². The van der Waals surface area contributed by atoms with Crippen LogP contribution in [0.2, 0.25) is 0 Å². The van der Waals surface area contributed by atoms with E-state index in [9.17, 15) is 9.90 Å². The minimum atomic E-state index is -1.62. The molecule has 0 saturated carbocycles. The molecule has 1 fully saturated rings. The Bertz CT molecular complexity index is 249. The summed E-state index contributed by atoms with van der Waals surface area (Å²) in [6.45, 7) is 9.88. The quantitative estimate of drug-likeness (QED) is 0.731. The van der Waals surface area contributed by atoms with Crippen molar-refractivity contribution in [1.82, 2.24) is 4.90 Å². The molecule has 1 atom stereocenters. The van der Waals surface area contributed by atoms with Crippen molar-refractivity contribution in [3.63, 3.8) is 0 Å². The molecule has 4 nitrogen and oxygen atoms in total. The Balaban J connectivity index is 2.38. The van der Waals surface area contributed by atoms with Crippen LogP contribution in [-0.2, 0) is 4.79 Å². The summed E-state index contributed by atoms with van der Waals surface area (Å²) in [5.41, 5.74) is -1.35. The summed E-state index contributed by atoms with van der Waals surface area (Å²) in [6.07, 6.45) is 0. The van der Waals surface area contributed by atoms with E-state index < -0.39 is 11.6 Å². The Morgan fingerprint density at radius 3 is 2.13 bits per heavy atom. The van der Waals surface area contributed by atoms with Gasteiger partial charge in [0.05, 0.1) is 0 Å². The molecule has 15 heavy (non-hydrogen) atoms. The molecule has 0 aromatic heterocycles.